The smallest absolute Gasteiger partial charge is 0.255 e. The van der Waals surface area contributed by atoms with Crippen molar-refractivity contribution < 1.29 is 9.59 Å². The molecule has 5 nitrogen and oxygen atoms in total. The van der Waals surface area contributed by atoms with Gasteiger partial charge in [0, 0.05) is 30.4 Å². The second kappa shape index (κ2) is 8.17. The third-order valence-electron chi connectivity index (χ3n) is 5.57. The summed E-state index contributed by atoms with van der Waals surface area (Å²) in [5.74, 6) is -0.446. The Morgan fingerprint density at radius 1 is 1.17 bits per heavy atom. The van der Waals surface area contributed by atoms with Crippen molar-refractivity contribution in [1.82, 2.24) is 9.88 Å². The number of amides is 2. The van der Waals surface area contributed by atoms with Gasteiger partial charge in [0.2, 0.25) is 5.91 Å². The molecule has 0 spiro atoms. The molecule has 1 fully saturated rings. The summed E-state index contributed by atoms with van der Waals surface area (Å²) in [7, 11) is 0. The number of aromatic nitrogens is 1. The molecule has 1 saturated heterocycles. The minimum Gasteiger partial charge on any atom is -0.369 e. The highest BCUT2D eigenvalue weighted by Crippen LogP contribution is 2.35. The number of nitrogens with zero attached hydrogens (tertiary/aromatic N) is 2. The summed E-state index contributed by atoms with van der Waals surface area (Å²) in [6.45, 7) is 0.956. The topological polar surface area (TPSA) is 76.3 Å². The van der Waals surface area contributed by atoms with Crippen LogP contribution >= 0.6 is 11.3 Å². The van der Waals surface area contributed by atoms with Crippen LogP contribution in [0.1, 0.15) is 28.8 Å². The van der Waals surface area contributed by atoms with Crippen LogP contribution in [0.15, 0.2) is 66.3 Å². The van der Waals surface area contributed by atoms with Gasteiger partial charge >= 0.3 is 0 Å². The van der Waals surface area contributed by atoms with E-state index in [9.17, 15) is 9.59 Å². The maximum atomic E-state index is 12.9. The molecule has 148 valence electrons. The largest absolute Gasteiger partial charge is 0.369 e. The quantitative estimate of drug-likeness (QED) is 0.702. The number of piperidine rings is 1. The van der Waals surface area contributed by atoms with E-state index in [2.05, 4.69) is 28.6 Å². The van der Waals surface area contributed by atoms with Crippen molar-refractivity contribution in [2.24, 2.45) is 11.1 Å². The Bertz CT molecular complexity index is 1000. The van der Waals surface area contributed by atoms with Crippen molar-refractivity contribution in [3.8, 4) is 10.4 Å². The lowest BCUT2D eigenvalue weighted by Crippen LogP contribution is -2.53. The molecule has 2 aromatic heterocycles. The van der Waals surface area contributed by atoms with Crippen LogP contribution in [0, 0.1) is 5.41 Å². The summed E-state index contributed by atoms with van der Waals surface area (Å²) in [4.78, 5) is 32.5. The number of likely N-dealkylation sites (tertiary alicyclic amines) is 1. The summed E-state index contributed by atoms with van der Waals surface area (Å²) < 4.78 is 0. The number of nitrogens with two attached hydrogens (primary N) is 1. The monoisotopic (exact) mass is 405 g/mol. The molecule has 0 radical (unpaired) electrons. The van der Waals surface area contributed by atoms with Crippen molar-refractivity contribution in [2.45, 2.75) is 19.3 Å². The molecule has 2 amide bonds. The number of carbonyl (C=O) groups excluding carboxylic acids is 2. The molecular formula is C23H23N3O2S. The van der Waals surface area contributed by atoms with Crippen LogP contribution < -0.4 is 5.73 Å². The molecule has 3 heterocycles. The molecule has 0 saturated carbocycles. The van der Waals surface area contributed by atoms with E-state index in [0.29, 0.717) is 31.5 Å². The third kappa shape index (κ3) is 4.07. The molecule has 6 heteroatoms. The predicted molar refractivity (Wildman–Crippen MR) is 114 cm³/mol. The zero-order valence-corrected chi connectivity index (χ0v) is 16.9. The minimum atomic E-state index is -0.760. The molecule has 3 aromatic rings. The van der Waals surface area contributed by atoms with Crippen LogP contribution in [0.25, 0.3) is 10.4 Å². The van der Waals surface area contributed by atoms with E-state index in [1.807, 2.05) is 18.2 Å². The number of hydrogen-bond acceptors (Lipinski definition) is 4. The van der Waals surface area contributed by atoms with Gasteiger partial charge in [0.1, 0.15) is 0 Å². The lowest BCUT2D eigenvalue weighted by molar-refractivity contribution is -0.130. The summed E-state index contributed by atoms with van der Waals surface area (Å²) in [6.07, 6.45) is 5.16. The number of pyridine rings is 1. The molecule has 1 atom stereocenters. The van der Waals surface area contributed by atoms with Crippen molar-refractivity contribution in [2.75, 3.05) is 13.1 Å². The number of thiophene rings is 1. The molecule has 1 aromatic carbocycles. The highest BCUT2D eigenvalue weighted by Gasteiger charge is 2.42. The van der Waals surface area contributed by atoms with Crippen LogP contribution in [0.3, 0.4) is 0 Å². The average Bonchev–Trinajstić information content (AvgIpc) is 3.29. The number of rotatable bonds is 5. The van der Waals surface area contributed by atoms with Crippen LogP contribution in [-0.4, -0.2) is 34.8 Å². The van der Waals surface area contributed by atoms with E-state index in [-0.39, 0.29) is 11.8 Å². The fourth-order valence-electron chi connectivity index (χ4n) is 4.08. The van der Waals surface area contributed by atoms with Gasteiger partial charge in [0.15, 0.2) is 0 Å². The number of benzene rings is 1. The Balaban J connectivity index is 1.59. The maximum Gasteiger partial charge on any atom is 0.255 e. The fourth-order valence-corrected chi connectivity index (χ4v) is 4.80. The number of primary amides is 1. The van der Waals surface area contributed by atoms with Crippen molar-refractivity contribution in [3.63, 3.8) is 0 Å². The fraction of sp³-hybridized carbons (Fsp3) is 0.261. The van der Waals surface area contributed by atoms with E-state index in [1.54, 1.807) is 40.8 Å². The summed E-state index contributed by atoms with van der Waals surface area (Å²) in [5, 5.41) is 2.05. The maximum absolute atomic E-state index is 12.9. The average molecular weight is 406 g/mol. The van der Waals surface area contributed by atoms with Gasteiger partial charge in [0.05, 0.1) is 11.0 Å². The van der Waals surface area contributed by atoms with E-state index >= 15 is 0 Å². The van der Waals surface area contributed by atoms with Crippen molar-refractivity contribution in [3.05, 3.63) is 77.4 Å². The highest BCUT2D eigenvalue weighted by molar-refractivity contribution is 7.13. The lowest BCUT2D eigenvalue weighted by Gasteiger charge is -2.41. The van der Waals surface area contributed by atoms with E-state index in [0.717, 1.165) is 17.5 Å². The normalized spacial score (nSPS) is 19.1. The molecular weight excluding hydrogens is 382 g/mol. The van der Waals surface area contributed by atoms with E-state index in [4.69, 9.17) is 5.73 Å². The van der Waals surface area contributed by atoms with Crippen LogP contribution in [-0.2, 0) is 11.2 Å². The van der Waals surface area contributed by atoms with Crippen molar-refractivity contribution in [1.29, 1.82) is 0 Å². The van der Waals surface area contributed by atoms with Crippen LogP contribution in [0.5, 0.6) is 0 Å². The lowest BCUT2D eigenvalue weighted by atomic mass is 9.74. The zero-order chi connectivity index (χ0) is 20.3. The first-order valence-electron chi connectivity index (χ1n) is 9.69. The molecule has 1 aliphatic rings. The highest BCUT2D eigenvalue weighted by atomic mass is 32.1. The van der Waals surface area contributed by atoms with Gasteiger partial charge in [0.25, 0.3) is 5.91 Å². The first kappa shape index (κ1) is 19.3. The first-order valence-corrected chi connectivity index (χ1v) is 10.6. The van der Waals surface area contributed by atoms with Gasteiger partial charge in [-0.1, -0.05) is 30.3 Å². The van der Waals surface area contributed by atoms with Crippen LogP contribution in [0.2, 0.25) is 0 Å². The van der Waals surface area contributed by atoms with Crippen molar-refractivity contribution >= 4 is 23.2 Å². The standard InChI is InChI=1S/C23H23N3O2S/c24-22(28)23(14-17-5-1-6-18(13-17)20-8-3-12-29-20)9-4-11-26(16-23)21(27)19-7-2-10-25-15-19/h1-3,5-8,10,12-13,15H,4,9,11,14,16H2,(H2,24,28). The second-order valence-electron chi connectivity index (χ2n) is 7.57. The SMILES string of the molecule is NC(=O)C1(Cc2cccc(-c3cccs3)c2)CCCN(C(=O)c2cccnc2)C1. The van der Waals surface area contributed by atoms with Gasteiger partial charge in [-0.25, -0.2) is 0 Å². The molecule has 0 bridgehead atoms. The molecule has 2 N–H and O–H groups in total. The summed E-state index contributed by atoms with van der Waals surface area (Å²) in [5.41, 5.74) is 7.87. The Labute approximate surface area is 174 Å². The molecule has 4 rings (SSSR count). The Morgan fingerprint density at radius 2 is 2.07 bits per heavy atom. The number of carbonyl (C=O) groups is 2. The Hall–Kier alpha value is -2.99. The van der Waals surface area contributed by atoms with Gasteiger partial charge in [-0.05, 0) is 54.0 Å². The molecule has 1 aliphatic heterocycles. The summed E-state index contributed by atoms with van der Waals surface area (Å²) >= 11 is 1.69. The van der Waals surface area contributed by atoms with E-state index in [1.165, 1.54) is 4.88 Å². The van der Waals surface area contributed by atoms with Gasteiger partial charge < -0.3 is 10.6 Å². The van der Waals surface area contributed by atoms with Gasteiger partial charge in [-0.2, -0.15) is 0 Å². The predicted octanol–water partition coefficient (Wildman–Crippen LogP) is 3.76. The number of hydrogen-bond donors (Lipinski definition) is 1. The third-order valence-corrected chi connectivity index (χ3v) is 6.49. The molecule has 0 aliphatic carbocycles. The molecule has 29 heavy (non-hydrogen) atoms. The minimum absolute atomic E-state index is 0.101. The Morgan fingerprint density at radius 3 is 2.79 bits per heavy atom. The summed E-state index contributed by atoms with van der Waals surface area (Å²) in [6, 6.07) is 15.9. The van der Waals surface area contributed by atoms with E-state index < -0.39 is 5.41 Å². The van der Waals surface area contributed by atoms with Gasteiger partial charge in [-0.3, -0.25) is 14.6 Å². The Kier molecular flexibility index (Phi) is 5.45. The first-order chi connectivity index (χ1) is 14.1. The van der Waals surface area contributed by atoms with Gasteiger partial charge in [-0.15, -0.1) is 11.3 Å². The van der Waals surface area contributed by atoms with Crippen LogP contribution in [0.4, 0.5) is 0 Å². The second-order valence-corrected chi connectivity index (χ2v) is 8.52. The zero-order valence-electron chi connectivity index (χ0n) is 16.1. The molecule has 1 unspecified atom stereocenters.